The van der Waals surface area contributed by atoms with Crippen molar-refractivity contribution < 1.29 is 4.79 Å². The number of carbonyl (C=O) groups is 1. The topological polar surface area (TPSA) is 98.7 Å². The third-order valence-corrected chi connectivity index (χ3v) is 3.93. The van der Waals surface area contributed by atoms with Crippen molar-refractivity contribution in [3.8, 4) is 5.95 Å². The van der Waals surface area contributed by atoms with Gasteiger partial charge >= 0.3 is 0 Å². The van der Waals surface area contributed by atoms with Crippen molar-refractivity contribution in [2.75, 3.05) is 6.54 Å². The zero-order chi connectivity index (χ0) is 18.1. The first-order valence-corrected chi connectivity index (χ1v) is 8.02. The Kier molecular flexibility index (Phi) is 5.03. The summed E-state index contributed by atoms with van der Waals surface area (Å²) in [6, 6.07) is 1.92. The maximum absolute atomic E-state index is 12.3. The highest BCUT2D eigenvalue weighted by molar-refractivity contribution is 5.79. The van der Waals surface area contributed by atoms with E-state index in [1.807, 2.05) is 47.6 Å². The van der Waals surface area contributed by atoms with E-state index in [1.165, 1.54) is 0 Å². The minimum atomic E-state index is -0.425. The van der Waals surface area contributed by atoms with Crippen LogP contribution in [-0.2, 0) is 11.2 Å². The standard InChI is InChI=1S/C17H26N6O/c1-10-7-11(2)20-16(19-10)23-13(4)14(12(3)22-23)8-15(24)21-17(5,6)9-18/h7H,8-9,18H2,1-6H3,(H,21,24). The fraction of sp³-hybridized carbons (Fsp3) is 0.529. The molecule has 0 saturated carbocycles. The van der Waals surface area contributed by atoms with Crippen molar-refractivity contribution in [1.29, 1.82) is 0 Å². The lowest BCUT2D eigenvalue weighted by Gasteiger charge is -2.24. The number of rotatable bonds is 5. The molecular weight excluding hydrogens is 304 g/mol. The van der Waals surface area contributed by atoms with Gasteiger partial charge in [-0.25, -0.2) is 14.6 Å². The SMILES string of the molecule is Cc1cc(C)nc(-n2nc(C)c(CC(=O)NC(C)(C)CN)c2C)n1. The van der Waals surface area contributed by atoms with Crippen molar-refractivity contribution in [1.82, 2.24) is 25.1 Å². The summed E-state index contributed by atoms with van der Waals surface area (Å²) in [4.78, 5) is 21.2. The number of nitrogens with one attached hydrogen (secondary N) is 1. The van der Waals surface area contributed by atoms with Gasteiger partial charge in [-0.05, 0) is 47.6 Å². The molecule has 7 heteroatoms. The molecule has 0 fully saturated rings. The number of nitrogens with zero attached hydrogens (tertiary/aromatic N) is 4. The first kappa shape index (κ1) is 18.1. The van der Waals surface area contributed by atoms with Gasteiger partial charge in [0.25, 0.3) is 5.95 Å². The molecule has 2 aromatic rings. The monoisotopic (exact) mass is 330 g/mol. The fourth-order valence-corrected chi connectivity index (χ4v) is 2.56. The van der Waals surface area contributed by atoms with E-state index >= 15 is 0 Å². The molecule has 2 aromatic heterocycles. The summed E-state index contributed by atoms with van der Waals surface area (Å²) in [5.74, 6) is 0.458. The Balaban J connectivity index is 2.31. The van der Waals surface area contributed by atoms with Gasteiger partial charge in [0.1, 0.15) is 0 Å². The van der Waals surface area contributed by atoms with Gasteiger partial charge < -0.3 is 11.1 Å². The van der Waals surface area contributed by atoms with Crippen LogP contribution in [0.3, 0.4) is 0 Å². The van der Waals surface area contributed by atoms with Gasteiger partial charge in [0.2, 0.25) is 5.91 Å². The third-order valence-electron chi connectivity index (χ3n) is 3.93. The highest BCUT2D eigenvalue weighted by Crippen LogP contribution is 2.17. The second-order valence-electron chi connectivity index (χ2n) is 6.82. The van der Waals surface area contributed by atoms with E-state index < -0.39 is 5.54 Å². The Bertz CT molecular complexity index is 742. The quantitative estimate of drug-likeness (QED) is 0.861. The average Bonchev–Trinajstić information content (AvgIpc) is 2.74. The Morgan fingerprint density at radius 2 is 1.79 bits per heavy atom. The summed E-state index contributed by atoms with van der Waals surface area (Å²) in [6.07, 6.45) is 0.256. The van der Waals surface area contributed by atoms with Crippen LogP contribution in [-0.4, -0.2) is 37.7 Å². The maximum atomic E-state index is 12.3. The molecule has 0 unspecified atom stereocenters. The van der Waals surface area contributed by atoms with Crippen LogP contribution < -0.4 is 11.1 Å². The van der Waals surface area contributed by atoms with Crippen LogP contribution in [0, 0.1) is 27.7 Å². The Hall–Kier alpha value is -2.28. The van der Waals surface area contributed by atoms with Gasteiger partial charge in [-0.15, -0.1) is 0 Å². The van der Waals surface area contributed by atoms with Crippen molar-refractivity contribution in [2.45, 2.75) is 53.5 Å². The van der Waals surface area contributed by atoms with Gasteiger partial charge in [-0.1, -0.05) is 0 Å². The zero-order valence-electron chi connectivity index (χ0n) is 15.3. The molecule has 0 saturated heterocycles. The maximum Gasteiger partial charge on any atom is 0.251 e. The molecule has 0 bridgehead atoms. The van der Waals surface area contributed by atoms with E-state index in [-0.39, 0.29) is 12.3 Å². The first-order chi connectivity index (χ1) is 11.1. The number of hydrogen-bond donors (Lipinski definition) is 2. The van der Waals surface area contributed by atoms with Crippen molar-refractivity contribution in [3.05, 3.63) is 34.4 Å². The van der Waals surface area contributed by atoms with Crippen LogP contribution in [0.15, 0.2) is 6.07 Å². The van der Waals surface area contributed by atoms with Gasteiger partial charge in [0.15, 0.2) is 0 Å². The average molecular weight is 330 g/mol. The molecule has 0 aliphatic heterocycles. The lowest BCUT2D eigenvalue weighted by Crippen LogP contribution is -2.49. The molecule has 3 N–H and O–H groups in total. The molecule has 130 valence electrons. The molecule has 2 heterocycles. The predicted molar refractivity (Wildman–Crippen MR) is 93.1 cm³/mol. The molecule has 0 aromatic carbocycles. The lowest BCUT2D eigenvalue weighted by atomic mass is 10.0. The van der Waals surface area contributed by atoms with Gasteiger partial charge in [0, 0.05) is 34.7 Å². The van der Waals surface area contributed by atoms with Crippen LogP contribution in [0.2, 0.25) is 0 Å². The van der Waals surface area contributed by atoms with Gasteiger partial charge in [-0.2, -0.15) is 5.10 Å². The van der Waals surface area contributed by atoms with Gasteiger partial charge in [-0.3, -0.25) is 4.79 Å². The fourth-order valence-electron chi connectivity index (χ4n) is 2.56. The van der Waals surface area contributed by atoms with Crippen molar-refractivity contribution in [3.63, 3.8) is 0 Å². The Morgan fingerprint density at radius 3 is 2.33 bits per heavy atom. The third kappa shape index (κ3) is 3.97. The predicted octanol–water partition coefficient (Wildman–Crippen LogP) is 1.29. The molecule has 24 heavy (non-hydrogen) atoms. The minimum absolute atomic E-state index is 0.0717. The first-order valence-electron chi connectivity index (χ1n) is 8.02. The smallest absolute Gasteiger partial charge is 0.251 e. The van der Waals surface area contributed by atoms with Crippen LogP contribution in [0.1, 0.15) is 42.2 Å². The van der Waals surface area contributed by atoms with Gasteiger partial charge in [0.05, 0.1) is 12.1 Å². The summed E-state index contributed by atoms with van der Waals surface area (Å²) in [7, 11) is 0. The number of aryl methyl sites for hydroxylation is 3. The Morgan fingerprint density at radius 1 is 1.21 bits per heavy atom. The van der Waals surface area contributed by atoms with E-state index in [9.17, 15) is 4.79 Å². The largest absolute Gasteiger partial charge is 0.350 e. The molecule has 0 aliphatic rings. The number of nitrogens with two attached hydrogens (primary N) is 1. The summed E-state index contributed by atoms with van der Waals surface area (Å²) < 4.78 is 1.70. The summed E-state index contributed by atoms with van der Waals surface area (Å²) in [5.41, 5.74) is 9.58. The van der Waals surface area contributed by atoms with E-state index in [0.717, 1.165) is 28.3 Å². The van der Waals surface area contributed by atoms with Crippen molar-refractivity contribution >= 4 is 5.91 Å². The summed E-state index contributed by atoms with van der Waals surface area (Å²) in [6.45, 7) is 11.8. The summed E-state index contributed by atoms with van der Waals surface area (Å²) in [5, 5.41) is 7.46. The molecule has 1 amide bonds. The number of hydrogen-bond acceptors (Lipinski definition) is 5. The second kappa shape index (κ2) is 6.68. The highest BCUT2D eigenvalue weighted by atomic mass is 16.1. The van der Waals surface area contributed by atoms with E-state index in [2.05, 4.69) is 20.4 Å². The number of aromatic nitrogens is 4. The molecule has 0 aliphatic carbocycles. The minimum Gasteiger partial charge on any atom is -0.350 e. The molecule has 0 atom stereocenters. The van der Waals surface area contributed by atoms with Crippen LogP contribution in [0.5, 0.6) is 0 Å². The molecule has 2 rings (SSSR count). The van der Waals surface area contributed by atoms with E-state index in [4.69, 9.17) is 5.73 Å². The zero-order valence-corrected chi connectivity index (χ0v) is 15.3. The Labute approximate surface area is 142 Å². The summed E-state index contributed by atoms with van der Waals surface area (Å²) >= 11 is 0. The number of amides is 1. The molecule has 7 nitrogen and oxygen atoms in total. The molecule has 0 radical (unpaired) electrons. The molecular formula is C17H26N6O. The lowest BCUT2D eigenvalue weighted by molar-refractivity contribution is -0.121. The highest BCUT2D eigenvalue weighted by Gasteiger charge is 2.22. The van der Waals surface area contributed by atoms with Crippen LogP contribution >= 0.6 is 0 Å². The normalized spacial score (nSPS) is 11.6. The molecule has 0 spiro atoms. The van der Waals surface area contributed by atoms with E-state index in [1.54, 1.807) is 4.68 Å². The van der Waals surface area contributed by atoms with Crippen LogP contribution in [0.4, 0.5) is 0 Å². The van der Waals surface area contributed by atoms with E-state index in [0.29, 0.717) is 12.5 Å². The second-order valence-corrected chi connectivity index (χ2v) is 6.82. The van der Waals surface area contributed by atoms with Crippen molar-refractivity contribution in [2.24, 2.45) is 5.73 Å². The van der Waals surface area contributed by atoms with Crippen LogP contribution in [0.25, 0.3) is 5.95 Å². The number of carbonyl (C=O) groups excluding carboxylic acids is 1.